The number of nitrogens with zero attached hydrogens (tertiary/aromatic N) is 2. The highest BCUT2D eigenvalue weighted by Gasteiger charge is 2.25. The van der Waals surface area contributed by atoms with Crippen LogP contribution in [0.1, 0.15) is 58.1 Å². The van der Waals surface area contributed by atoms with Gasteiger partial charge in [0.25, 0.3) is 6.47 Å². The maximum absolute atomic E-state index is 9.60. The van der Waals surface area contributed by atoms with Crippen LogP contribution in [0, 0.1) is 0 Å². The molecule has 1 aliphatic heterocycles. The summed E-state index contributed by atoms with van der Waals surface area (Å²) < 4.78 is 5.61. The second-order valence-corrected chi connectivity index (χ2v) is 10.4. The fourth-order valence-electron chi connectivity index (χ4n) is 3.60. The van der Waals surface area contributed by atoms with Crippen molar-refractivity contribution in [3.8, 4) is 0 Å². The van der Waals surface area contributed by atoms with Gasteiger partial charge in [-0.15, -0.1) is 0 Å². The van der Waals surface area contributed by atoms with Crippen LogP contribution in [-0.2, 0) is 9.53 Å². The van der Waals surface area contributed by atoms with Crippen molar-refractivity contribution < 1.29 is 9.53 Å². The number of piperidine rings is 1. The molecular weight excluding hydrogens is 500 g/mol. The number of ether oxygens (including phenoxy) is 1. The molecule has 1 aliphatic carbocycles. The third kappa shape index (κ3) is 8.09. The molecule has 0 amide bonds. The number of aliphatic imine (C=N–C) groups is 1. The van der Waals surface area contributed by atoms with E-state index in [1.54, 1.807) is 0 Å². The zero-order valence-electron chi connectivity index (χ0n) is 20.3. The summed E-state index contributed by atoms with van der Waals surface area (Å²) >= 11 is 10.1. The smallest absolute Gasteiger partial charge is 0.293 e. The third-order valence-electron chi connectivity index (χ3n) is 5.31. The van der Waals surface area contributed by atoms with Crippen molar-refractivity contribution >= 4 is 49.8 Å². The molecule has 0 N–H and O–H groups in total. The molecule has 2 aliphatic rings. The number of hydrogen-bond donors (Lipinski definition) is 0. The van der Waals surface area contributed by atoms with E-state index in [9.17, 15) is 4.79 Å². The molecule has 0 spiro atoms. The van der Waals surface area contributed by atoms with Gasteiger partial charge in [-0.3, -0.25) is 9.79 Å². The van der Waals surface area contributed by atoms with Gasteiger partial charge in [-0.25, -0.2) is 0 Å². The second kappa shape index (κ2) is 12.5. The van der Waals surface area contributed by atoms with Gasteiger partial charge in [0, 0.05) is 34.4 Å². The van der Waals surface area contributed by atoms with Crippen LogP contribution in [0.5, 0.6) is 0 Å². The van der Waals surface area contributed by atoms with Gasteiger partial charge in [-0.2, -0.15) is 0 Å². The molecule has 1 heterocycles. The van der Waals surface area contributed by atoms with Gasteiger partial charge in [0.05, 0.1) is 5.71 Å². The first-order chi connectivity index (χ1) is 15.6. The minimum Gasteiger partial charge on any atom is -0.462 e. The summed E-state index contributed by atoms with van der Waals surface area (Å²) in [5.41, 5.74) is 6.73. The Morgan fingerprint density at radius 3 is 2.42 bits per heavy atom. The average molecular weight is 534 g/mol. The van der Waals surface area contributed by atoms with Gasteiger partial charge in [0.2, 0.25) is 0 Å². The predicted molar refractivity (Wildman–Crippen MR) is 145 cm³/mol. The van der Waals surface area contributed by atoms with E-state index in [1.807, 2.05) is 52.1 Å². The number of benzene rings is 1. The van der Waals surface area contributed by atoms with Crippen molar-refractivity contribution in [3.63, 3.8) is 0 Å². The maximum atomic E-state index is 9.60. The van der Waals surface area contributed by atoms with Gasteiger partial charge in [-0.1, -0.05) is 57.9 Å². The molecule has 0 saturated carbocycles. The van der Waals surface area contributed by atoms with E-state index in [0.717, 1.165) is 58.7 Å². The molecule has 3 rings (SSSR count). The lowest BCUT2D eigenvalue weighted by Crippen LogP contribution is -2.27. The summed E-state index contributed by atoms with van der Waals surface area (Å²) in [6.45, 7) is 14.4. The summed E-state index contributed by atoms with van der Waals surface area (Å²) in [4.78, 5) is 16.8. The third-order valence-corrected chi connectivity index (χ3v) is 6.29. The molecule has 178 valence electrons. The van der Waals surface area contributed by atoms with Crippen LogP contribution in [0.15, 0.2) is 59.3 Å². The SMILES string of the molecule is C=C1C/C=C(/Br)c2cc(Cl)ccc2C(=C2CCN(C)CC2)C1=N/C=C\C.CC(C)(C)OC=O. The molecule has 6 heteroatoms. The van der Waals surface area contributed by atoms with E-state index in [4.69, 9.17) is 16.6 Å². The Balaban J connectivity index is 0.000000479. The van der Waals surface area contributed by atoms with Crippen LogP contribution >= 0.6 is 27.5 Å². The highest BCUT2D eigenvalue weighted by molar-refractivity contribution is 9.15. The number of allylic oxidation sites excluding steroid dienone is 4. The standard InChI is InChI=1S/C22H24BrClN2.C5H10O2/c1-4-11-25-22-15(2)5-8-20(23)19-14-17(24)6-7-18(19)21(22)16-9-12-26(3)13-10-16;1-5(2,3)7-4-6/h4,6-8,11,14H,2,5,9-10,12-13H2,1,3H3;4H,1-3H3/b11-4-,20-8+,25-22?;. The van der Waals surface area contributed by atoms with Gasteiger partial charge < -0.3 is 9.64 Å². The van der Waals surface area contributed by atoms with Crippen LogP contribution in [0.3, 0.4) is 0 Å². The van der Waals surface area contributed by atoms with Crippen molar-refractivity contribution in [2.45, 2.75) is 52.6 Å². The lowest BCUT2D eigenvalue weighted by molar-refractivity contribution is -0.138. The number of halogens is 2. The van der Waals surface area contributed by atoms with E-state index in [0.29, 0.717) is 6.47 Å². The molecule has 0 atom stereocenters. The van der Waals surface area contributed by atoms with Crippen LogP contribution in [0.4, 0.5) is 0 Å². The van der Waals surface area contributed by atoms with Crippen molar-refractivity contribution in [1.29, 1.82) is 0 Å². The average Bonchev–Trinajstić information content (AvgIpc) is 2.75. The Hall–Kier alpha value is -1.95. The zero-order valence-corrected chi connectivity index (χ0v) is 22.6. The number of likely N-dealkylation sites (tertiary alicyclic amines) is 1. The summed E-state index contributed by atoms with van der Waals surface area (Å²) in [6, 6.07) is 6.12. The van der Waals surface area contributed by atoms with Crippen LogP contribution in [0.25, 0.3) is 10.1 Å². The Labute approximate surface area is 211 Å². The number of hydrogen-bond acceptors (Lipinski definition) is 4. The zero-order chi connectivity index (χ0) is 24.6. The van der Waals surface area contributed by atoms with E-state index in [-0.39, 0.29) is 5.60 Å². The first-order valence-corrected chi connectivity index (χ1v) is 12.3. The monoisotopic (exact) mass is 532 g/mol. The highest BCUT2D eigenvalue weighted by atomic mass is 79.9. The van der Waals surface area contributed by atoms with Gasteiger partial charge in [0.15, 0.2) is 0 Å². The van der Waals surface area contributed by atoms with Gasteiger partial charge in [-0.05, 0) is 82.8 Å². The molecule has 1 fully saturated rings. The van der Waals surface area contributed by atoms with Gasteiger partial charge in [0.1, 0.15) is 5.60 Å². The number of rotatable bonds is 2. The Morgan fingerprint density at radius 2 is 1.88 bits per heavy atom. The largest absolute Gasteiger partial charge is 0.462 e. The minimum absolute atomic E-state index is 0.318. The molecule has 1 aromatic carbocycles. The molecule has 4 nitrogen and oxygen atoms in total. The first-order valence-electron chi connectivity index (χ1n) is 11.1. The molecule has 0 unspecified atom stereocenters. The first kappa shape index (κ1) is 27.3. The van der Waals surface area contributed by atoms with Crippen LogP contribution in [-0.4, -0.2) is 42.8 Å². The van der Waals surface area contributed by atoms with Crippen molar-refractivity contribution in [1.82, 2.24) is 4.90 Å². The lowest BCUT2D eigenvalue weighted by atomic mass is 9.83. The highest BCUT2D eigenvalue weighted by Crippen LogP contribution is 2.39. The molecule has 0 aromatic heterocycles. The molecule has 1 saturated heterocycles. The lowest BCUT2D eigenvalue weighted by Gasteiger charge is -2.29. The normalized spacial score (nSPS) is 20.4. The Bertz CT molecular complexity index is 990. The van der Waals surface area contributed by atoms with Crippen molar-refractivity contribution in [2.75, 3.05) is 20.1 Å². The predicted octanol–water partition coefficient (Wildman–Crippen LogP) is 7.45. The van der Waals surface area contributed by atoms with Gasteiger partial charge >= 0.3 is 0 Å². The Kier molecular flexibility index (Phi) is 10.3. The topological polar surface area (TPSA) is 41.9 Å². The van der Waals surface area contributed by atoms with Crippen LogP contribution in [0.2, 0.25) is 5.02 Å². The van der Waals surface area contributed by atoms with Crippen molar-refractivity contribution in [2.24, 2.45) is 4.99 Å². The van der Waals surface area contributed by atoms with Crippen molar-refractivity contribution in [3.05, 3.63) is 70.4 Å². The molecule has 1 aromatic rings. The summed E-state index contributed by atoms with van der Waals surface area (Å²) in [6.07, 6.45) is 8.85. The van der Waals surface area contributed by atoms with Crippen LogP contribution < -0.4 is 0 Å². The van der Waals surface area contributed by atoms with E-state index in [2.05, 4.69) is 51.3 Å². The molecule has 0 bridgehead atoms. The summed E-state index contributed by atoms with van der Waals surface area (Å²) in [7, 11) is 2.18. The maximum Gasteiger partial charge on any atom is 0.293 e. The number of carbonyl (C=O) groups excluding carboxylic acids is 1. The number of fused-ring (bicyclic) bond motifs is 1. The van der Waals surface area contributed by atoms with E-state index in [1.165, 1.54) is 16.7 Å². The minimum atomic E-state index is -0.318. The molecule has 33 heavy (non-hydrogen) atoms. The molecular formula is C27H34BrClN2O2. The summed E-state index contributed by atoms with van der Waals surface area (Å²) in [5.74, 6) is 0. The quantitative estimate of drug-likeness (QED) is 0.371. The Morgan fingerprint density at radius 1 is 1.21 bits per heavy atom. The molecule has 0 radical (unpaired) electrons. The van der Waals surface area contributed by atoms with E-state index < -0.39 is 0 Å². The fourth-order valence-corrected chi connectivity index (χ4v) is 4.26. The summed E-state index contributed by atoms with van der Waals surface area (Å²) in [5, 5.41) is 0.744. The van der Waals surface area contributed by atoms with E-state index >= 15 is 0 Å². The second-order valence-electron chi connectivity index (χ2n) is 9.12. The fraction of sp³-hybridized carbons (Fsp3) is 0.407. The number of carbonyl (C=O) groups is 1.